The van der Waals surface area contributed by atoms with Crippen molar-refractivity contribution in [1.82, 2.24) is 9.97 Å². The molecule has 0 radical (unpaired) electrons. The Labute approximate surface area is 138 Å². The van der Waals surface area contributed by atoms with E-state index < -0.39 is 0 Å². The molecule has 0 amide bonds. The number of ether oxygens (including phenoxy) is 1. The molecule has 0 saturated heterocycles. The minimum Gasteiger partial charge on any atom is -0.378 e. The van der Waals surface area contributed by atoms with E-state index in [0.29, 0.717) is 18.1 Å². The van der Waals surface area contributed by atoms with E-state index in [-0.39, 0.29) is 0 Å². The summed E-state index contributed by atoms with van der Waals surface area (Å²) in [4.78, 5) is 9.13. The van der Waals surface area contributed by atoms with Crippen LogP contribution in [0.3, 0.4) is 0 Å². The van der Waals surface area contributed by atoms with Crippen LogP contribution < -0.4 is 5.32 Å². The van der Waals surface area contributed by atoms with Gasteiger partial charge in [-0.2, -0.15) is 0 Å². The van der Waals surface area contributed by atoms with Crippen molar-refractivity contribution >= 4 is 33.3 Å². The first-order chi connectivity index (χ1) is 10.1. The van der Waals surface area contributed by atoms with Gasteiger partial charge in [-0.1, -0.05) is 23.7 Å². The molecule has 1 heterocycles. The summed E-state index contributed by atoms with van der Waals surface area (Å²) in [5.74, 6) is 1.53. The van der Waals surface area contributed by atoms with E-state index in [2.05, 4.69) is 31.2 Å². The molecule has 0 aliphatic rings. The average molecular weight is 371 g/mol. The standard InChI is InChI=1S/C15H17BrClN3O/c1-3-18-15-14(16)12(9-21-2)19-13(20-15)8-10-5-4-6-11(17)7-10/h4-7H,3,8-9H2,1-2H3,(H,18,19,20). The zero-order valence-corrected chi connectivity index (χ0v) is 14.3. The summed E-state index contributed by atoms with van der Waals surface area (Å²) < 4.78 is 6.05. The van der Waals surface area contributed by atoms with E-state index in [1.54, 1.807) is 7.11 Å². The third-order valence-electron chi connectivity index (χ3n) is 2.84. The lowest BCUT2D eigenvalue weighted by Crippen LogP contribution is -2.09. The molecule has 1 N–H and O–H groups in total. The largest absolute Gasteiger partial charge is 0.378 e. The van der Waals surface area contributed by atoms with Gasteiger partial charge in [0.1, 0.15) is 11.6 Å². The number of methoxy groups -OCH3 is 1. The summed E-state index contributed by atoms with van der Waals surface area (Å²) in [7, 11) is 1.65. The third-order valence-corrected chi connectivity index (χ3v) is 3.91. The van der Waals surface area contributed by atoms with Crippen LogP contribution in [0.15, 0.2) is 28.7 Å². The number of nitrogens with zero attached hydrogens (tertiary/aromatic N) is 2. The average Bonchev–Trinajstić information content (AvgIpc) is 2.44. The molecule has 112 valence electrons. The Bertz CT molecular complexity index is 595. The Hall–Kier alpha value is -1.17. The Balaban J connectivity index is 2.33. The SMILES string of the molecule is CCNc1nc(Cc2cccc(Cl)c2)nc(COC)c1Br. The monoisotopic (exact) mass is 369 g/mol. The second kappa shape index (κ2) is 7.73. The van der Waals surface area contributed by atoms with E-state index in [0.717, 1.165) is 33.9 Å². The van der Waals surface area contributed by atoms with Gasteiger partial charge in [0.2, 0.25) is 0 Å². The van der Waals surface area contributed by atoms with E-state index >= 15 is 0 Å². The van der Waals surface area contributed by atoms with Crippen molar-refractivity contribution in [2.75, 3.05) is 19.0 Å². The Morgan fingerprint density at radius 2 is 2.14 bits per heavy atom. The lowest BCUT2D eigenvalue weighted by Gasteiger charge is -2.12. The zero-order valence-electron chi connectivity index (χ0n) is 12.0. The molecule has 2 rings (SSSR count). The number of hydrogen-bond donors (Lipinski definition) is 1. The Morgan fingerprint density at radius 1 is 1.33 bits per heavy atom. The van der Waals surface area contributed by atoms with Crippen LogP contribution in [-0.4, -0.2) is 23.6 Å². The summed E-state index contributed by atoms with van der Waals surface area (Å²) in [6.07, 6.45) is 0.628. The number of benzene rings is 1. The van der Waals surface area contributed by atoms with Crippen molar-refractivity contribution in [3.05, 3.63) is 50.8 Å². The maximum atomic E-state index is 6.02. The first-order valence-electron chi connectivity index (χ1n) is 6.66. The van der Waals surface area contributed by atoms with Gasteiger partial charge in [-0.05, 0) is 40.5 Å². The van der Waals surface area contributed by atoms with Crippen LogP contribution in [0.4, 0.5) is 5.82 Å². The van der Waals surface area contributed by atoms with Crippen LogP contribution in [0.1, 0.15) is 24.0 Å². The Morgan fingerprint density at radius 3 is 2.81 bits per heavy atom. The van der Waals surface area contributed by atoms with Gasteiger partial charge >= 0.3 is 0 Å². The smallest absolute Gasteiger partial charge is 0.144 e. The number of rotatable bonds is 6. The van der Waals surface area contributed by atoms with Gasteiger partial charge in [0.05, 0.1) is 16.8 Å². The predicted molar refractivity (Wildman–Crippen MR) is 88.9 cm³/mol. The molecule has 0 unspecified atom stereocenters. The quantitative estimate of drug-likeness (QED) is 0.833. The van der Waals surface area contributed by atoms with Gasteiger partial charge in [-0.15, -0.1) is 0 Å². The molecule has 2 aromatic rings. The summed E-state index contributed by atoms with van der Waals surface area (Å²) in [6, 6.07) is 7.72. The topological polar surface area (TPSA) is 47.0 Å². The molecule has 6 heteroatoms. The van der Waals surface area contributed by atoms with Gasteiger partial charge in [-0.25, -0.2) is 9.97 Å². The maximum absolute atomic E-state index is 6.02. The molecule has 1 aromatic heterocycles. The van der Waals surface area contributed by atoms with Crippen molar-refractivity contribution in [2.24, 2.45) is 0 Å². The van der Waals surface area contributed by atoms with Gasteiger partial charge in [-0.3, -0.25) is 0 Å². The molecule has 0 bridgehead atoms. The Kier molecular flexibility index (Phi) is 5.96. The molecule has 0 aliphatic carbocycles. The maximum Gasteiger partial charge on any atom is 0.144 e. The number of nitrogens with one attached hydrogen (secondary N) is 1. The van der Waals surface area contributed by atoms with E-state index in [1.807, 2.05) is 31.2 Å². The van der Waals surface area contributed by atoms with Crippen LogP contribution in [-0.2, 0) is 17.8 Å². The van der Waals surface area contributed by atoms with E-state index in [1.165, 1.54) is 0 Å². The molecular formula is C15H17BrClN3O. The number of hydrogen-bond acceptors (Lipinski definition) is 4. The van der Waals surface area contributed by atoms with Crippen LogP contribution in [0.25, 0.3) is 0 Å². The van der Waals surface area contributed by atoms with Crippen molar-refractivity contribution in [3.8, 4) is 0 Å². The summed E-state index contributed by atoms with van der Waals surface area (Å²) >= 11 is 9.54. The number of aromatic nitrogens is 2. The van der Waals surface area contributed by atoms with E-state index in [4.69, 9.17) is 16.3 Å². The fourth-order valence-electron chi connectivity index (χ4n) is 1.97. The van der Waals surface area contributed by atoms with Crippen LogP contribution in [0, 0.1) is 0 Å². The van der Waals surface area contributed by atoms with Gasteiger partial charge in [0, 0.05) is 25.1 Å². The molecular weight excluding hydrogens is 354 g/mol. The first kappa shape index (κ1) is 16.2. The molecule has 0 atom stereocenters. The number of anilines is 1. The summed E-state index contributed by atoms with van der Waals surface area (Å²) in [6.45, 7) is 3.25. The minimum atomic E-state index is 0.435. The molecule has 4 nitrogen and oxygen atoms in total. The third kappa shape index (κ3) is 4.40. The van der Waals surface area contributed by atoms with Crippen LogP contribution in [0.2, 0.25) is 5.02 Å². The van der Waals surface area contributed by atoms with Crippen molar-refractivity contribution < 1.29 is 4.74 Å². The van der Waals surface area contributed by atoms with Crippen LogP contribution in [0.5, 0.6) is 0 Å². The highest BCUT2D eigenvalue weighted by Crippen LogP contribution is 2.25. The lowest BCUT2D eigenvalue weighted by molar-refractivity contribution is 0.180. The van der Waals surface area contributed by atoms with Gasteiger partial charge in [0.15, 0.2) is 0 Å². The zero-order chi connectivity index (χ0) is 15.2. The molecule has 0 saturated carbocycles. The summed E-state index contributed by atoms with van der Waals surface area (Å²) in [5.41, 5.74) is 1.91. The van der Waals surface area contributed by atoms with E-state index in [9.17, 15) is 0 Å². The summed E-state index contributed by atoms with van der Waals surface area (Å²) in [5, 5.41) is 3.95. The predicted octanol–water partition coefficient (Wildman–Crippen LogP) is 4.06. The normalized spacial score (nSPS) is 10.7. The highest BCUT2D eigenvalue weighted by atomic mass is 79.9. The van der Waals surface area contributed by atoms with Crippen molar-refractivity contribution in [3.63, 3.8) is 0 Å². The fourth-order valence-corrected chi connectivity index (χ4v) is 2.62. The fraction of sp³-hybridized carbons (Fsp3) is 0.333. The molecule has 0 aliphatic heterocycles. The number of halogens is 2. The van der Waals surface area contributed by atoms with Crippen LogP contribution >= 0.6 is 27.5 Å². The van der Waals surface area contributed by atoms with Crippen molar-refractivity contribution in [1.29, 1.82) is 0 Å². The highest BCUT2D eigenvalue weighted by molar-refractivity contribution is 9.10. The highest BCUT2D eigenvalue weighted by Gasteiger charge is 2.12. The van der Waals surface area contributed by atoms with Gasteiger partial charge in [0.25, 0.3) is 0 Å². The molecule has 1 aromatic carbocycles. The molecule has 0 spiro atoms. The second-order valence-electron chi connectivity index (χ2n) is 4.52. The minimum absolute atomic E-state index is 0.435. The van der Waals surface area contributed by atoms with Crippen molar-refractivity contribution in [2.45, 2.75) is 20.0 Å². The molecule has 21 heavy (non-hydrogen) atoms. The second-order valence-corrected chi connectivity index (χ2v) is 5.75. The molecule has 0 fully saturated rings. The first-order valence-corrected chi connectivity index (χ1v) is 7.83. The van der Waals surface area contributed by atoms with Gasteiger partial charge < -0.3 is 10.1 Å². The lowest BCUT2D eigenvalue weighted by atomic mass is 10.1.